The molecule has 1 atom stereocenters. The Labute approximate surface area is 133 Å². The first-order valence-corrected chi connectivity index (χ1v) is 7.90. The third-order valence-corrected chi connectivity index (χ3v) is 3.87. The molecule has 1 fully saturated rings. The largest absolute Gasteiger partial charge is 0.352 e. The lowest BCUT2D eigenvalue weighted by atomic mass is 10.2. The van der Waals surface area contributed by atoms with Crippen molar-refractivity contribution in [2.24, 2.45) is 0 Å². The van der Waals surface area contributed by atoms with Crippen molar-refractivity contribution in [1.82, 2.24) is 10.2 Å². The number of anilines is 1. The number of nitrogens with zero attached hydrogens (tertiary/aromatic N) is 1. The van der Waals surface area contributed by atoms with Crippen LogP contribution in [0.3, 0.4) is 0 Å². The minimum atomic E-state index is -0.372. The molecule has 1 aliphatic heterocycles. The van der Waals surface area contributed by atoms with E-state index in [9.17, 15) is 9.59 Å². The first-order valence-electron chi connectivity index (χ1n) is 7.11. The Morgan fingerprint density at radius 1 is 1.29 bits per heavy atom. The van der Waals surface area contributed by atoms with E-state index in [1.807, 2.05) is 38.1 Å². The number of amides is 3. The summed E-state index contributed by atoms with van der Waals surface area (Å²) in [5.74, 6) is -0.0755. The standard InChI is InChI=1S/C15H20BrN3O2/c1-10(2)17-14(20)13-4-3-9-19(13)15(21)18-12-7-5-11(16)6-8-12/h5-8,10,13H,3-4,9H2,1-2H3,(H,17,20)(H,18,21)/t13-/m1/s1. The van der Waals surface area contributed by atoms with Crippen LogP contribution in [0.25, 0.3) is 0 Å². The smallest absolute Gasteiger partial charge is 0.322 e. The SMILES string of the molecule is CC(C)NC(=O)[C@H]1CCCN1C(=O)Nc1ccc(Br)cc1. The third kappa shape index (κ3) is 4.20. The molecule has 2 rings (SSSR count). The fourth-order valence-electron chi connectivity index (χ4n) is 2.39. The molecule has 2 N–H and O–H groups in total. The molecule has 3 amide bonds. The number of nitrogens with one attached hydrogen (secondary N) is 2. The molecule has 0 bridgehead atoms. The second kappa shape index (κ2) is 6.93. The van der Waals surface area contributed by atoms with Crippen LogP contribution in [0.1, 0.15) is 26.7 Å². The zero-order chi connectivity index (χ0) is 15.4. The van der Waals surface area contributed by atoms with Crippen molar-refractivity contribution >= 4 is 33.6 Å². The van der Waals surface area contributed by atoms with Crippen molar-refractivity contribution in [1.29, 1.82) is 0 Å². The van der Waals surface area contributed by atoms with Crippen molar-refractivity contribution in [3.63, 3.8) is 0 Å². The number of carbonyl (C=O) groups is 2. The lowest BCUT2D eigenvalue weighted by Gasteiger charge is -2.25. The van der Waals surface area contributed by atoms with Crippen LogP contribution in [0.2, 0.25) is 0 Å². The predicted octanol–water partition coefficient (Wildman–Crippen LogP) is 2.97. The minimum absolute atomic E-state index is 0.0755. The van der Waals surface area contributed by atoms with Crippen LogP contribution in [0.15, 0.2) is 28.7 Å². The van der Waals surface area contributed by atoms with Crippen molar-refractivity contribution in [2.45, 2.75) is 38.8 Å². The maximum absolute atomic E-state index is 12.3. The number of hydrogen-bond donors (Lipinski definition) is 2. The molecule has 1 aromatic rings. The summed E-state index contributed by atoms with van der Waals surface area (Å²) in [4.78, 5) is 26.1. The fraction of sp³-hybridized carbons (Fsp3) is 0.467. The topological polar surface area (TPSA) is 61.4 Å². The van der Waals surface area contributed by atoms with Gasteiger partial charge in [-0.2, -0.15) is 0 Å². The Bertz CT molecular complexity index is 516. The average molecular weight is 354 g/mol. The second-order valence-corrected chi connectivity index (χ2v) is 6.37. The maximum Gasteiger partial charge on any atom is 0.322 e. The zero-order valence-corrected chi connectivity index (χ0v) is 13.8. The van der Waals surface area contributed by atoms with Crippen molar-refractivity contribution in [3.05, 3.63) is 28.7 Å². The summed E-state index contributed by atoms with van der Waals surface area (Å²) in [5, 5.41) is 5.71. The van der Waals surface area contributed by atoms with E-state index in [1.165, 1.54) is 0 Å². The normalized spacial score (nSPS) is 17.9. The van der Waals surface area contributed by atoms with Crippen LogP contribution >= 0.6 is 15.9 Å². The second-order valence-electron chi connectivity index (χ2n) is 5.45. The van der Waals surface area contributed by atoms with Gasteiger partial charge in [-0.3, -0.25) is 4.79 Å². The molecule has 0 aromatic heterocycles. The Hall–Kier alpha value is -1.56. The number of hydrogen-bond acceptors (Lipinski definition) is 2. The van der Waals surface area contributed by atoms with Crippen molar-refractivity contribution in [3.8, 4) is 0 Å². The van der Waals surface area contributed by atoms with Crippen LogP contribution in [0.5, 0.6) is 0 Å². The zero-order valence-electron chi connectivity index (χ0n) is 12.2. The van der Waals surface area contributed by atoms with Gasteiger partial charge in [0.1, 0.15) is 6.04 Å². The quantitative estimate of drug-likeness (QED) is 0.877. The average Bonchev–Trinajstić information content (AvgIpc) is 2.90. The molecule has 21 heavy (non-hydrogen) atoms. The summed E-state index contributed by atoms with van der Waals surface area (Å²) in [6, 6.07) is 6.85. The van der Waals surface area contributed by atoms with Gasteiger partial charge in [0.2, 0.25) is 5.91 Å². The van der Waals surface area contributed by atoms with Crippen LogP contribution < -0.4 is 10.6 Å². The molecule has 1 aliphatic rings. The Balaban J connectivity index is 2.00. The van der Waals surface area contributed by atoms with Gasteiger partial charge in [0, 0.05) is 22.7 Å². The van der Waals surface area contributed by atoms with E-state index >= 15 is 0 Å². The summed E-state index contributed by atoms with van der Waals surface area (Å²) < 4.78 is 0.954. The number of halogens is 1. The third-order valence-electron chi connectivity index (χ3n) is 3.34. The highest BCUT2D eigenvalue weighted by Gasteiger charge is 2.34. The van der Waals surface area contributed by atoms with E-state index in [-0.39, 0.29) is 24.0 Å². The molecule has 0 unspecified atom stereocenters. The van der Waals surface area contributed by atoms with Gasteiger partial charge in [-0.1, -0.05) is 15.9 Å². The van der Waals surface area contributed by atoms with E-state index < -0.39 is 0 Å². The summed E-state index contributed by atoms with van der Waals surface area (Å²) in [6.45, 7) is 4.44. The molecule has 0 aliphatic carbocycles. The molecule has 114 valence electrons. The fourth-order valence-corrected chi connectivity index (χ4v) is 2.66. The molecular formula is C15H20BrN3O2. The minimum Gasteiger partial charge on any atom is -0.352 e. The number of likely N-dealkylation sites (tertiary alicyclic amines) is 1. The van der Waals surface area contributed by atoms with E-state index in [1.54, 1.807) is 4.90 Å². The number of carbonyl (C=O) groups excluding carboxylic acids is 2. The molecule has 0 radical (unpaired) electrons. The van der Waals surface area contributed by atoms with Crippen LogP contribution in [0, 0.1) is 0 Å². The highest BCUT2D eigenvalue weighted by Crippen LogP contribution is 2.20. The van der Waals surface area contributed by atoms with Crippen molar-refractivity contribution in [2.75, 3.05) is 11.9 Å². The molecule has 0 saturated carbocycles. The van der Waals surface area contributed by atoms with E-state index in [4.69, 9.17) is 0 Å². The van der Waals surface area contributed by atoms with Gasteiger partial charge in [-0.15, -0.1) is 0 Å². The molecule has 5 nitrogen and oxygen atoms in total. The Morgan fingerprint density at radius 2 is 1.95 bits per heavy atom. The summed E-state index contributed by atoms with van der Waals surface area (Å²) in [5.41, 5.74) is 0.720. The van der Waals surface area contributed by atoms with Gasteiger partial charge in [-0.05, 0) is 51.0 Å². The Morgan fingerprint density at radius 3 is 2.57 bits per heavy atom. The predicted molar refractivity (Wildman–Crippen MR) is 86.2 cm³/mol. The van der Waals surface area contributed by atoms with Crippen LogP contribution in [0.4, 0.5) is 10.5 Å². The first kappa shape index (κ1) is 15.8. The highest BCUT2D eigenvalue weighted by molar-refractivity contribution is 9.10. The summed E-state index contributed by atoms with van der Waals surface area (Å²) in [6.07, 6.45) is 1.57. The number of urea groups is 1. The van der Waals surface area contributed by atoms with E-state index in [2.05, 4.69) is 26.6 Å². The highest BCUT2D eigenvalue weighted by atomic mass is 79.9. The van der Waals surface area contributed by atoms with Gasteiger partial charge >= 0.3 is 6.03 Å². The van der Waals surface area contributed by atoms with E-state index in [0.717, 1.165) is 16.6 Å². The molecule has 1 aromatic carbocycles. The lowest BCUT2D eigenvalue weighted by molar-refractivity contribution is -0.125. The van der Waals surface area contributed by atoms with E-state index in [0.29, 0.717) is 13.0 Å². The summed E-state index contributed by atoms with van der Waals surface area (Å²) >= 11 is 3.35. The van der Waals surface area contributed by atoms with Crippen LogP contribution in [-0.4, -0.2) is 35.5 Å². The monoisotopic (exact) mass is 353 g/mol. The van der Waals surface area contributed by atoms with Gasteiger partial charge < -0.3 is 15.5 Å². The number of benzene rings is 1. The van der Waals surface area contributed by atoms with Gasteiger partial charge in [0.15, 0.2) is 0 Å². The molecule has 0 spiro atoms. The number of rotatable bonds is 3. The lowest BCUT2D eigenvalue weighted by Crippen LogP contribution is -2.48. The molecule has 6 heteroatoms. The summed E-state index contributed by atoms with van der Waals surface area (Å²) in [7, 11) is 0. The van der Waals surface area contributed by atoms with Crippen LogP contribution in [-0.2, 0) is 4.79 Å². The van der Waals surface area contributed by atoms with Gasteiger partial charge in [0.25, 0.3) is 0 Å². The maximum atomic E-state index is 12.3. The van der Waals surface area contributed by atoms with Gasteiger partial charge in [0.05, 0.1) is 0 Å². The molecule has 1 saturated heterocycles. The van der Waals surface area contributed by atoms with Crippen molar-refractivity contribution < 1.29 is 9.59 Å². The Kier molecular flexibility index (Phi) is 5.22. The molecular weight excluding hydrogens is 334 g/mol. The van der Waals surface area contributed by atoms with Gasteiger partial charge in [-0.25, -0.2) is 4.79 Å². The first-order chi connectivity index (χ1) is 9.97. The molecule has 1 heterocycles.